The Labute approximate surface area is 103 Å². The molecular weight excluding hydrogens is 242 g/mol. The fraction of sp³-hybridized carbons (Fsp3) is 0.0909. The van der Waals surface area contributed by atoms with E-state index in [1.165, 1.54) is 18.2 Å². The number of halogens is 1. The van der Waals surface area contributed by atoms with E-state index in [1.807, 2.05) is 0 Å². The SMILES string of the molecule is Cn1ccc(NC(=O)c2cc(O)ccc2Cl)n1. The molecule has 0 saturated heterocycles. The molecule has 0 radical (unpaired) electrons. The Kier molecular flexibility index (Phi) is 3.01. The molecule has 1 aromatic heterocycles. The maximum atomic E-state index is 11.8. The fourth-order valence-corrected chi connectivity index (χ4v) is 1.56. The van der Waals surface area contributed by atoms with Crippen LogP contribution < -0.4 is 5.32 Å². The van der Waals surface area contributed by atoms with Crippen LogP contribution in [0.2, 0.25) is 5.02 Å². The van der Waals surface area contributed by atoms with Gasteiger partial charge in [-0.05, 0) is 18.2 Å². The summed E-state index contributed by atoms with van der Waals surface area (Å²) in [4.78, 5) is 11.8. The summed E-state index contributed by atoms with van der Waals surface area (Å²) in [6.07, 6.45) is 1.71. The summed E-state index contributed by atoms with van der Waals surface area (Å²) >= 11 is 5.86. The quantitative estimate of drug-likeness (QED) is 0.858. The number of nitrogens with one attached hydrogen (secondary N) is 1. The van der Waals surface area contributed by atoms with E-state index in [0.29, 0.717) is 5.82 Å². The number of carbonyl (C=O) groups excluding carboxylic acids is 1. The molecule has 88 valence electrons. The number of carbonyl (C=O) groups is 1. The van der Waals surface area contributed by atoms with Gasteiger partial charge in [-0.25, -0.2) is 0 Å². The van der Waals surface area contributed by atoms with Gasteiger partial charge in [0.05, 0.1) is 10.6 Å². The van der Waals surface area contributed by atoms with Crippen molar-refractivity contribution in [3.63, 3.8) is 0 Å². The monoisotopic (exact) mass is 251 g/mol. The number of rotatable bonds is 2. The number of nitrogens with zero attached hydrogens (tertiary/aromatic N) is 2. The summed E-state index contributed by atoms with van der Waals surface area (Å²) in [6, 6.07) is 5.85. The lowest BCUT2D eigenvalue weighted by Crippen LogP contribution is -2.13. The van der Waals surface area contributed by atoms with Crippen molar-refractivity contribution in [3.8, 4) is 5.75 Å². The van der Waals surface area contributed by atoms with E-state index in [0.717, 1.165) is 0 Å². The fourth-order valence-electron chi connectivity index (χ4n) is 1.35. The number of phenols is 1. The van der Waals surface area contributed by atoms with Crippen molar-refractivity contribution in [2.75, 3.05) is 5.32 Å². The number of hydrogen-bond acceptors (Lipinski definition) is 3. The van der Waals surface area contributed by atoms with Crippen LogP contribution in [-0.4, -0.2) is 20.8 Å². The molecule has 0 aliphatic carbocycles. The van der Waals surface area contributed by atoms with Crippen LogP contribution in [-0.2, 0) is 7.05 Å². The highest BCUT2D eigenvalue weighted by Crippen LogP contribution is 2.21. The molecule has 2 rings (SSSR count). The molecule has 0 aliphatic rings. The van der Waals surface area contributed by atoms with Gasteiger partial charge in [0.1, 0.15) is 5.75 Å². The predicted molar refractivity (Wildman–Crippen MR) is 64.3 cm³/mol. The molecule has 0 atom stereocenters. The van der Waals surface area contributed by atoms with E-state index in [2.05, 4.69) is 10.4 Å². The van der Waals surface area contributed by atoms with Crippen molar-refractivity contribution < 1.29 is 9.90 Å². The summed E-state index contributed by atoms with van der Waals surface area (Å²) < 4.78 is 1.57. The Morgan fingerprint density at radius 3 is 2.88 bits per heavy atom. The van der Waals surface area contributed by atoms with Crippen LogP contribution >= 0.6 is 11.6 Å². The highest BCUT2D eigenvalue weighted by molar-refractivity contribution is 6.34. The minimum Gasteiger partial charge on any atom is -0.508 e. The second-order valence-electron chi connectivity index (χ2n) is 3.49. The second-order valence-corrected chi connectivity index (χ2v) is 3.90. The summed E-state index contributed by atoms with van der Waals surface area (Å²) in [5.74, 6) is 0.00193. The molecule has 0 unspecified atom stereocenters. The standard InChI is InChI=1S/C11H10ClN3O2/c1-15-5-4-10(14-15)13-11(17)8-6-7(16)2-3-9(8)12/h2-6,16H,1H3,(H,13,14,17). The van der Waals surface area contributed by atoms with Crippen LogP contribution in [0.3, 0.4) is 0 Å². The molecule has 2 N–H and O–H groups in total. The molecule has 0 bridgehead atoms. The van der Waals surface area contributed by atoms with Crippen molar-refractivity contribution in [2.24, 2.45) is 7.05 Å². The van der Waals surface area contributed by atoms with Crippen LogP contribution in [0.25, 0.3) is 0 Å². The Bertz CT molecular complexity index is 566. The van der Waals surface area contributed by atoms with Crippen molar-refractivity contribution in [3.05, 3.63) is 41.0 Å². The van der Waals surface area contributed by atoms with Gasteiger partial charge in [0.2, 0.25) is 0 Å². The van der Waals surface area contributed by atoms with Crippen LogP contribution in [0.15, 0.2) is 30.5 Å². The molecule has 1 heterocycles. The van der Waals surface area contributed by atoms with E-state index in [-0.39, 0.29) is 16.3 Å². The van der Waals surface area contributed by atoms with Crippen molar-refractivity contribution in [2.45, 2.75) is 0 Å². The van der Waals surface area contributed by atoms with Crippen LogP contribution in [0.4, 0.5) is 5.82 Å². The number of benzene rings is 1. The maximum Gasteiger partial charge on any atom is 0.258 e. The minimum absolute atomic E-state index is 0.0134. The van der Waals surface area contributed by atoms with Gasteiger partial charge in [-0.3, -0.25) is 9.48 Å². The lowest BCUT2D eigenvalue weighted by Gasteiger charge is -2.04. The highest BCUT2D eigenvalue weighted by atomic mass is 35.5. The van der Waals surface area contributed by atoms with Crippen LogP contribution in [0.1, 0.15) is 10.4 Å². The molecule has 0 saturated carbocycles. The summed E-state index contributed by atoms with van der Waals surface area (Å²) in [6.45, 7) is 0. The third kappa shape index (κ3) is 2.57. The Morgan fingerprint density at radius 2 is 2.24 bits per heavy atom. The topological polar surface area (TPSA) is 67.2 Å². The van der Waals surface area contributed by atoms with Gasteiger partial charge in [0.15, 0.2) is 5.82 Å². The minimum atomic E-state index is -0.412. The molecule has 1 aromatic carbocycles. The molecular formula is C11H10ClN3O2. The lowest BCUT2D eigenvalue weighted by molar-refractivity contribution is 0.102. The number of phenolic OH excluding ortho intramolecular Hbond substituents is 1. The molecule has 0 spiro atoms. The number of anilines is 1. The molecule has 5 nitrogen and oxygen atoms in total. The Hall–Kier alpha value is -2.01. The Balaban J connectivity index is 2.22. The van der Waals surface area contributed by atoms with E-state index in [4.69, 9.17) is 11.6 Å². The zero-order valence-electron chi connectivity index (χ0n) is 9.01. The van der Waals surface area contributed by atoms with E-state index < -0.39 is 5.91 Å². The second kappa shape index (κ2) is 4.47. The number of aromatic nitrogens is 2. The van der Waals surface area contributed by atoms with Crippen LogP contribution in [0.5, 0.6) is 5.75 Å². The highest BCUT2D eigenvalue weighted by Gasteiger charge is 2.12. The average molecular weight is 252 g/mol. The molecule has 1 amide bonds. The third-order valence-corrected chi connectivity index (χ3v) is 2.48. The molecule has 2 aromatic rings. The van der Waals surface area contributed by atoms with Gasteiger partial charge in [-0.1, -0.05) is 11.6 Å². The zero-order chi connectivity index (χ0) is 12.4. The van der Waals surface area contributed by atoms with E-state index in [1.54, 1.807) is 24.0 Å². The van der Waals surface area contributed by atoms with E-state index in [9.17, 15) is 9.90 Å². The molecule has 0 aliphatic heterocycles. The molecule has 17 heavy (non-hydrogen) atoms. The van der Waals surface area contributed by atoms with Gasteiger partial charge < -0.3 is 10.4 Å². The normalized spacial score (nSPS) is 10.2. The summed E-state index contributed by atoms with van der Waals surface area (Å²) in [5.41, 5.74) is 0.206. The average Bonchev–Trinajstić information content (AvgIpc) is 2.67. The van der Waals surface area contributed by atoms with E-state index >= 15 is 0 Å². The smallest absolute Gasteiger partial charge is 0.258 e. The summed E-state index contributed by atoms with van der Waals surface area (Å²) in [7, 11) is 1.75. The van der Waals surface area contributed by atoms with Gasteiger partial charge in [-0.2, -0.15) is 5.10 Å². The van der Waals surface area contributed by atoms with Crippen molar-refractivity contribution in [1.82, 2.24) is 9.78 Å². The van der Waals surface area contributed by atoms with Gasteiger partial charge in [0.25, 0.3) is 5.91 Å². The first-order valence-corrected chi connectivity index (χ1v) is 5.23. The lowest BCUT2D eigenvalue weighted by atomic mass is 10.2. The first kappa shape index (κ1) is 11.5. The first-order valence-electron chi connectivity index (χ1n) is 4.86. The first-order chi connectivity index (χ1) is 8.06. The molecule has 0 fully saturated rings. The summed E-state index contributed by atoms with van der Waals surface area (Å²) in [5, 5.41) is 16.2. The Morgan fingerprint density at radius 1 is 1.47 bits per heavy atom. The number of aromatic hydroxyl groups is 1. The molecule has 6 heteroatoms. The van der Waals surface area contributed by atoms with Crippen molar-refractivity contribution >= 4 is 23.3 Å². The largest absolute Gasteiger partial charge is 0.508 e. The zero-order valence-corrected chi connectivity index (χ0v) is 9.77. The number of amides is 1. The predicted octanol–water partition coefficient (Wildman–Crippen LogP) is 2.03. The van der Waals surface area contributed by atoms with Crippen LogP contribution in [0, 0.1) is 0 Å². The number of aryl methyl sites for hydroxylation is 1. The van der Waals surface area contributed by atoms with Gasteiger partial charge >= 0.3 is 0 Å². The third-order valence-electron chi connectivity index (χ3n) is 2.15. The maximum absolute atomic E-state index is 11.8. The van der Waals surface area contributed by atoms with Gasteiger partial charge in [0, 0.05) is 19.3 Å². The van der Waals surface area contributed by atoms with Crippen molar-refractivity contribution in [1.29, 1.82) is 0 Å². The van der Waals surface area contributed by atoms with Gasteiger partial charge in [-0.15, -0.1) is 0 Å². The number of hydrogen-bond donors (Lipinski definition) is 2.